The molecule has 0 radical (unpaired) electrons. The lowest BCUT2D eigenvalue weighted by molar-refractivity contribution is -0.135. The van der Waals surface area contributed by atoms with Crippen LogP contribution in [-0.2, 0) is 26.0 Å². The van der Waals surface area contributed by atoms with Crippen LogP contribution in [0, 0.1) is 0 Å². The molecule has 3 N–H and O–H groups in total. The summed E-state index contributed by atoms with van der Waals surface area (Å²) in [6.07, 6.45) is 0.568. The first-order valence-electron chi connectivity index (χ1n) is 9.14. The average molecular weight is 431 g/mol. The fraction of sp³-hybridized carbons (Fsp3) is 0.250. The standard InChI is InChI=1S/C20H21N3O6S/c1-12-9-15-10-17(7-8-18(15)23(12)13(2)24)30(28,29)22-16-5-3-14(4-6-16)20(27)21-11-19(25)26/h3-8,10,12,22H,9,11H2,1-2H3,(H,21,27)(H,25,26)/t12-/m0/s1. The van der Waals surface area contributed by atoms with E-state index in [2.05, 4.69) is 10.0 Å². The summed E-state index contributed by atoms with van der Waals surface area (Å²) in [5, 5.41) is 10.8. The molecule has 0 spiro atoms. The van der Waals surface area contributed by atoms with Crippen LogP contribution in [0.15, 0.2) is 47.4 Å². The number of nitrogens with one attached hydrogen (secondary N) is 2. The first kappa shape index (κ1) is 21.3. The second-order valence-corrected chi connectivity index (χ2v) is 8.67. The van der Waals surface area contributed by atoms with Crippen LogP contribution in [0.2, 0.25) is 0 Å². The SMILES string of the molecule is CC(=O)N1c2ccc(S(=O)(=O)Nc3ccc(C(=O)NCC(=O)O)cc3)cc2C[C@@H]1C. The average Bonchev–Trinajstić information content (AvgIpc) is 3.01. The fourth-order valence-corrected chi connectivity index (χ4v) is 4.53. The number of carboxylic acids is 1. The van der Waals surface area contributed by atoms with Crippen LogP contribution in [0.5, 0.6) is 0 Å². The van der Waals surface area contributed by atoms with Crippen LogP contribution in [-0.4, -0.2) is 43.9 Å². The van der Waals surface area contributed by atoms with Gasteiger partial charge in [0.05, 0.1) is 4.90 Å². The Morgan fingerprint density at radius 3 is 2.40 bits per heavy atom. The topological polar surface area (TPSA) is 133 Å². The second-order valence-electron chi connectivity index (χ2n) is 6.99. The van der Waals surface area contributed by atoms with Gasteiger partial charge in [-0.1, -0.05) is 0 Å². The lowest BCUT2D eigenvalue weighted by Gasteiger charge is -2.20. The number of hydrogen-bond acceptors (Lipinski definition) is 5. The van der Waals surface area contributed by atoms with Crippen molar-refractivity contribution >= 4 is 39.2 Å². The van der Waals surface area contributed by atoms with E-state index in [4.69, 9.17) is 5.11 Å². The molecule has 30 heavy (non-hydrogen) atoms. The number of rotatable bonds is 6. The Bertz CT molecular complexity index is 1110. The highest BCUT2D eigenvalue weighted by Crippen LogP contribution is 2.34. The number of carboxylic acid groups (broad SMARTS) is 1. The minimum absolute atomic E-state index is 0.0387. The number of benzene rings is 2. The van der Waals surface area contributed by atoms with Gasteiger partial charge in [-0.2, -0.15) is 0 Å². The molecule has 1 heterocycles. The van der Waals surface area contributed by atoms with Crippen molar-refractivity contribution in [3.8, 4) is 0 Å². The maximum absolute atomic E-state index is 12.8. The van der Waals surface area contributed by atoms with Crippen LogP contribution < -0.4 is 14.9 Å². The van der Waals surface area contributed by atoms with Gasteiger partial charge in [0.25, 0.3) is 15.9 Å². The summed E-state index contributed by atoms with van der Waals surface area (Å²) in [6.45, 7) is 2.87. The van der Waals surface area contributed by atoms with E-state index in [1.807, 2.05) is 6.92 Å². The van der Waals surface area contributed by atoms with E-state index in [9.17, 15) is 22.8 Å². The van der Waals surface area contributed by atoms with Gasteiger partial charge in [-0.25, -0.2) is 8.42 Å². The Labute approximate surface area is 173 Å². The molecule has 9 nitrogen and oxygen atoms in total. The van der Waals surface area contributed by atoms with Crippen LogP contribution in [0.1, 0.15) is 29.8 Å². The Balaban J connectivity index is 1.76. The van der Waals surface area contributed by atoms with E-state index in [0.717, 1.165) is 5.56 Å². The summed E-state index contributed by atoms with van der Waals surface area (Å²) < 4.78 is 28.0. The Kier molecular flexibility index (Phi) is 5.79. The molecule has 2 aromatic carbocycles. The zero-order valence-electron chi connectivity index (χ0n) is 16.4. The molecule has 158 valence electrons. The molecule has 2 amide bonds. The van der Waals surface area contributed by atoms with Crippen molar-refractivity contribution < 1.29 is 27.9 Å². The molecule has 0 aromatic heterocycles. The molecule has 1 aliphatic heterocycles. The highest BCUT2D eigenvalue weighted by Gasteiger charge is 2.30. The number of nitrogens with zero attached hydrogens (tertiary/aromatic N) is 1. The number of hydrogen-bond donors (Lipinski definition) is 3. The molecule has 0 unspecified atom stereocenters. The maximum atomic E-state index is 12.8. The van der Waals surface area contributed by atoms with Crippen molar-refractivity contribution in [2.45, 2.75) is 31.2 Å². The minimum atomic E-state index is -3.88. The lowest BCUT2D eigenvalue weighted by atomic mass is 10.1. The molecule has 0 saturated heterocycles. The minimum Gasteiger partial charge on any atom is -0.480 e. The van der Waals surface area contributed by atoms with Crippen molar-refractivity contribution in [2.75, 3.05) is 16.2 Å². The molecule has 1 aliphatic rings. The predicted octanol–water partition coefficient (Wildman–Crippen LogP) is 1.60. The summed E-state index contributed by atoms with van der Waals surface area (Å²) in [5.74, 6) is -1.83. The van der Waals surface area contributed by atoms with Gasteiger partial charge in [0.15, 0.2) is 0 Å². The normalized spacial score (nSPS) is 15.4. The first-order chi connectivity index (χ1) is 14.1. The van der Waals surface area contributed by atoms with E-state index < -0.39 is 28.4 Å². The summed E-state index contributed by atoms with van der Waals surface area (Å²) in [7, 11) is -3.88. The van der Waals surface area contributed by atoms with Gasteiger partial charge < -0.3 is 15.3 Å². The molecule has 0 saturated carbocycles. The number of sulfonamides is 1. The van der Waals surface area contributed by atoms with E-state index >= 15 is 0 Å². The van der Waals surface area contributed by atoms with Crippen molar-refractivity contribution in [1.82, 2.24) is 5.32 Å². The molecule has 3 rings (SSSR count). The van der Waals surface area contributed by atoms with Crippen LogP contribution in [0.4, 0.5) is 11.4 Å². The third-order valence-electron chi connectivity index (χ3n) is 4.72. The highest BCUT2D eigenvalue weighted by atomic mass is 32.2. The monoisotopic (exact) mass is 431 g/mol. The molecular formula is C20H21N3O6S. The molecular weight excluding hydrogens is 410 g/mol. The number of amides is 2. The van der Waals surface area contributed by atoms with Gasteiger partial charge in [-0.15, -0.1) is 0 Å². The van der Waals surface area contributed by atoms with Gasteiger partial charge in [0, 0.05) is 29.9 Å². The van der Waals surface area contributed by atoms with Crippen molar-refractivity contribution in [2.24, 2.45) is 0 Å². The number of fused-ring (bicyclic) bond motifs is 1. The van der Waals surface area contributed by atoms with Crippen LogP contribution in [0.3, 0.4) is 0 Å². The van der Waals surface area contributed by atoms with Crippen LogP contribution >= 0.6 is 0 Å². The zero-order chi connectivity index (χ0) is 22.1. The maximum Gasteiger partial charge on any atom is 0.322 e. The summed E-state index contributed by atoms with van der Waals surface area (Å²) >= 11 is 0. The molecule has 0 fully saturated rings. The third kappa shape index (κ3) is 4.43. The van der Waals surface area contributed by atoms with Crippen molar-refractivity contribution in [1.29, 1.82) is 0 Å². The van der Waals surface area contributed by atoms with Crippen molar-refractivity contribution in [3.63, 3.8) is 0 Å². The Morgan fingerprint density at radius 1 is 1.13 bits per heavy atom. The first-order valence-corrected chi connectivity index (χ1v) is 10.6. The predicted molar refractivity (Wildman–Crippen MR) is 110 cm³/mol. The summed E-state index contributed by atoms with van der Waals surface area (Å²) in [4.78, 5) is 35.9. The third-order valence-corrected chi connectivity index (χ3v) is 6.09. The summed E-state index contributed by atoms with van der Waals surface area (Å²) in [6, 6.07) is 10.2. The van der Waals surface area contributed by atoms with E-state index in [1.165, 1.54) is 37.3 Å². The fourth-order valence-electron chi connectivity index (χ4n) is 3.42. The van der Waals surface area contributed by atoms with Gasteiger partial charge in [-0.3, -0.25) is 19.1 Å². The summed E-state index contributed by atoms with van der Waals surface area (Å²) in [5.41, 5.74) is 1.95. The second kappa shape index (κ2) is 8.15. The van der Waals surface area contributed by atoms with Crippen molar-refractivity contribution in [3.05, 3.63) is 53.6 Å². The Morgan fingerprint density at radius 2 is 1.80 bits per heavy atom. The van der Waals surface area contributed by atoms with E-state index in [0.29, 0.717) is 12.1 Å². The zero-order valence-corrected chi connectivity index (χ0v) is 17.2. The number of carbonyl (C=O) groups is 3. The van der Waals surface area contributed by atoms with Gasteiger partial charge in [-0.05, 0) is 61.4 Å². The Hall–Kier alpha value is -3.40. The molecule has 10 heteroatoms. The quantitative estimate of drug-likeness (QED) is 0.636. The van der Waals surface area contributed by atoms with E-state index in [-0.39, 0.29) is 28.1 Å². The molecule has 1 atom stereocenters. The largest absolute Gasteiger partial charge is 0.480 e. The number of carbonyl (C=O) groups excluding carboxylic acids is 2. The highest BCUT2D eigenvalue weighted by molar-refractivity contribution is 7.92. The number of anilines is 2. The molecule has 0 aliphatic carbocycles. The number of aliphatic carboxylic acids is 1. The van der Waals surface area contributed by atoms with Gasteiger partial charge in [0.2, 0.25) is 5.91 Å². The molecule has 0 bridgehead atoms. The van der Waals surface area contributed by atoms with Gasteiger partial charge >= 0.3 is 5.97 Å². The molecule has 2 aromatic rings. The van der Waals surface area contributed by atoms with Gasteiger partial charge in [0.1, 0.15) is 6.54 Å². The smallest absolute Gasteiger partial charge is 0.322 e. The van der Waals surface area contributed by atoms with Crippen LogP contribution in [0.25, 0.3) is 0 Å². The lowest BCUT2D eigenvalue weighted by Crippen LogP contribution is -2.33. The van der Waals surface area contributed by atoms with E-state index in [1.54, 1.807) is 17.0 Å².